The van der Waals surface area contributed by atoms with Gasteiger partial charge in [-0.25, -0.2) is 0 Å². The number of nitrogens with zero attached hydrogens (tertiary/aromatic N) is 2. The smallest absolute Gasteiger partial charge is 0.345 e. The molecule has 0 aliphatic carbocycles. The Balaban J connectivity index is 2.61. The molecule has 4 nitrogen and oxygen atoms in total. The SMILES string of the molecule is Cn1ccc(CNC(=O)C(F)(F)C(F)(F)F)n1. The molecule has 1 amide bonds. The summed E-state index contributed by atoms with van der Waals surface area (Å²) >= 11 is 0. The highest BCUT2D eigenvalue weighted by atomic mass is 19.4. The molecular formula is C8H8F5N3O. The van der Waals surface area contributed by atoms with Crippen molar-refractivity contribution < 1.29 is 26.7 Å². The maximum atomic E-state index is 12.5. The van der Waals surface area contributed by atoms with Crippen molar-refractivity contribution in [2.24, 2.45) is 7.05 Å². The van der Waals surface area contributed by atoms with E-state index in [9.17, 15) is 26.7 Å². The van der Waals surface area contributed by atoms with Crippen LogP contribution in [0.4, 0.5) is 22.0 Å². The highest BCUT2D eigenvalue weighted by Gasteiger charge is 2.63. The Bertz CT molecular complexity index is 412. The summed E-state index contributed by atoms with van der Waals surface area (Å²) in [5, 5.41) is 5.18. The second-order valence-corrected chi connectivity index (χ2v) is 3.24. The number of aromatic nitrogens is 2. The van der Waals surface area contributed by atoms with Crippen LogP contribution in [0, 0.1) is 0 Å². The van der Waals surface area contributed by atoms with Crippen molar-refractivity contribution in [1.82, 2.24) is 15.1 Å². The minimum Gasteiger partial charge on any atom is -0.345 e. The molecule has 1 aromatic heterocycles. The fourth-order valence-corrected chi connectivity index (χ4v) is 0.968. The largest absolute Gasteiger partial charge is 0.463 e. The fourth-order valence-electron chi connectivity index (χ4n) is 0.968. The number of carbonyl (C=O) groups excluding carboxylic acids is 1. The van der Waals surface area contributed by atoms with Gasteiger partial charge in [0.1, 0.15) is 0 Å². The lowest BCUT2D eigenvalue weighted by Gasteiger charge is -2.18. The molecule has 0 saturated carbocycles. The van der Waals surface area contributed by atoms with E-state index in [-0.39, 0.29) is 5.69 Å². The van der Waals surface area contributed by atoms with Gasteiger partial charge in [0.15, 0.2) is 0 Å². The van der Waals surface area contributed by atoms with Crippen molar-refractivity contribution in [2.75, 3.05) is 0 Å². The molecule has 0 bridgehead atoms. The molecule has 0 aromatic carbocycles. The summed E-state index contributed by atoms with van der Waals surface area (Å²) in [5.74, 6) is -7.79. The molecule has 9 heteroatoms. The third-order valence-electron chi connectivity index (χ3n) is 1.84. The van der Waals surface area contributed by atoms with Gasteiger partial charge in [0.2, 0.25) is 0 Å². The minimum absolute atomic E-state index is 0.179. The summed E-state index contributed by atoms with van der Waals surface area (Å²) in [7, 11) is 1.54. The fraction of sp³-hybridized carbons (Fsp3) is 0.500. The van der Waals surface area contributed by atoms with Crippen molar-refractivity contribution >= 4 is 5.91 Å². The number of hydrogen-bond donors (Lipinski definition) is 1. The van der Waals surface area contributed by atoms with Gasteiger partial charge in [0.05, 0.1) is 12.2 Å². The second kappa shape index (κ2) is 4.30. The van der Waals surface area contributed by atoms with E-state index in [4.69, 9.17) is 0 Å². The number of aryl methyl sites for hydroxylation is 1. The topological polar surface area (TPSA) is 46.9 Å². The highest BCUT2D eigenvalue weighted by Crippen LogP contribution is 2.35. The zero-order valence-electron chi connectivity index (χ0n) is 8.55. The van der Waals surface area contributed by atoms with Crippen LogP contribution < -0.4 is 5.32 Å². The maximum absolute atomic E-state index is 12.5. The molecule has 1 rings (SSSR count). The lowest BCUT2D eigenvalue weighted by atomic mass is 10.3. The van der Waals surface area contributed by atoms with Gasteiger partial charge in [-0.15, -0.1) is 0 Å². The van der Waals surface area contributed by atoms with Gasteiger partial charge in [-0.05, 0) is 6.07 Å². The van der Waals surface area contributed by atoms with Crippen molar-refractivity contribution in [3.8, 4) is 0 Å². The summed E-state index contributed by atoms with van der Waals surface area (Å²) < 4.78 is 61.6. The van der Waals surface area contributed by atoms with E-state index >= 15 is 0 Å². The summed E-state index contributed by atoms with van der Waals surface area (Å²) in [4.78, 5) is 10.7. The van der Waals surface area contributed by atoms with E-state index in [1.807, 2.05) is 0 Å². The van der Waals surface area contributed by atoms with Crippen LogP contribution in [-0.2, 0) is 18.4 Å². The molecule has 1 N–H and O–H groups in total. The summed E-state index contributed by atoms with van der Waals surface area (Å²) in [6, 6.07) is 1.38. The average Bonchev–Trinajstić information content (AvgIpc) is 2.58. The number of hydrogen-bond acceptors (Lipinski definition) is 2. The van der Waals surface area contributed by atoms with E-state index in [0.717, 1.165) is 0 Å². The van der Waals surface area contributed by atoms with Crippen molar-refractivity contribution in [3.63, 3.8) is 0 Å². The number of carbonyl (C=O) groups is 1. The first-order valence-electron chi connectivity index (χ1n) is 4.36. The Morgan fingerprint density at radius 1 is 1.41 bits per heavy atom. The first-order chi connectivity index (χ1) is 7.64. The summed E-state index contributed by atoms with van der Waals surface area (Å²) in [6.07, 6.45) is -4.44. The van der Waals surface area contributed by atoms with Crippen LogP contribution >= 0.6 is 0 Å². The van der Waals surface area contributed by atoms with Crippen LogP contribution in [-0.4, -0.2) is 27.8 Å². The van der Waals surface area contributed by atoms with Crippen LogP contribution in [0.2, 0.25) is 0 Å². The van der Waals surface area contributed by atoms with Crippen LogP contribution in [0.3, 0.4) is 0 Å². The van der Waals surface area contributed by atoms with Crippen LogP contribution in [0.5, 0.6) is 0 Å². The Labute approximate surface area is 92.4 Å². The summed E-state index contributed by atoms with van der Waals surface area (Å²) in [5.41, 5.74) is 0.179. The lowest BCUT2D eigenvalue weighted by Crippen LogP contribution is -2.50. The first kappa shape index (κ1) is 13.4. The predicted molar refractivity (Wildman–Crippen MR) is 46.1 cm³/mol. The molecule has 0 spiro atoms. The maximum Gasteiger partial charge on any atom is 0.463 e. The molecule has 0 saturated heterocycles. The third kappa shape index (κ3) is 2.92. The minimum atomic E-state index is -5.90. The van der Waals surface area contributed by atoms with Crippen LogP contribution in [0.15, 0.2) is 12.3 Å². The highest BCUT2D eigenvalue weighted by molar-refractivity contribution is 5.84. The molecular weight excluding hydrogens is 249 g/mol. The number of amides is 1. The van der Waals surface area contributed by atoms with E-state index in [2.05, 4.69) is 5.10 Å². The van der Waals surface area contributed by atoms with Gasteiger partial charge in [0, 0.05) is 13.2 Å². The Hall–Kier alpha value is -1.67. The predicted octanol–water partition coefficient (Wildman–Crippen LogP) is 1.23. The van der Waals surface area contributed by atoms with Crippen LogP contribution in [0.1, 0.15) is 5.69 Å². The number of rotatable bonds is 3. The normalized spacial score (nSPS) is 12.6. The van der Waals surface area contributed by atoms with Crippen molar-refractivity contribution in [2.45, 2.75) is 18.6 Å². The van der Waals surface area contributed by atoms with E-state index in [1.165, 1.54) is 29.3 Å². The molecule has 0 unspecified atom stereocenters. The molecule has 17 heavy (non-hydrogen) atoms. The third-order valence-corrected chi connectivity index (χ3v) is 1.84. The summed E-state index contributed by atoms with van der Waals surface area (Å²) in [6.45, 7) is -0.495. The van der Waals surface area contributed by atoms with E-state index < -0.39 is 24.6 Å². The molecule has 1 aromatic rings. The molecule has 0 atom stereocenters. The van der Waals surface area contributed by atoms with Gasteiger partial charge in [-0.2, -0.15) is 27.1 Å². The Kier molecular flexibility index (Phi) is 3.39. The Morgan fingerprint density at radius 3 is 2.41 bits per heavy atom. The lowest BCUT2D eigenvalue weighted by molar-refractivity contribution is -0.269. The van der Waals surface area contributed by atoms with Gasteiger partial charge < -0.3 is 5.32 Å². The molecule has 96 valence electrons. The van der Waals surface area contributed by atoms with Gasteiger partial charge in [0.25, 0.3) is 0 Å². The first-order valence-corrected chi connectivity index (χ1v) is 4.36. The Morgan fingerprint density at radius 2 is 2.00 bits per heavy atom. The van der Waals surface area contributed by atoms with Crippen molar-refractivity contribution in [1.29, 1.82) is 0 Å². The number of halogens is 5. The van der Waals surface area contributed by atoms with Crippen molar-refractivity contribution in [3.05, 3.63) is 18.0 Å². The zero-order chi connectivity index (χ0) is 13.3. The molecule has 0 radical (unpaired) electrons. The molecule has 1 heterocycles. The van der Waals surface area contributed by atoms with E-state index in [1.54, 1.807) is 0 Å². The number of alkyl halides is 5. The molecule has 0 aliphatic heterocycles. The number of nitrogens with one attached hydrogen (secondary N) is 1. The van der Waals surface area contributed by atoms with Gasteiger partial charge in [-0.1, -0.05) is 0 Å². The van der Waals surface area contributed by atoms with Gasteiger partial charge in [-0.3, -0.25) is 9.48 Å². The van der Waals surface area contributed by atoms with E-state index in [0.29, 0.717) is 0 Å². The molecule has 0 fully saturated rings. The van der Waals surface area contributed by atoms with Gasteiger partial charge >= 0.3 is 18.0 Å². The zero-order valence-corrected chi connectivity index (χ0v) is 8.55. The molecule has 0 aliphatic rings. The second-order valence-electron chi connectivity index (χ2n) is 3.24. The standard InChI is InChI=1S/C8H8F5N3O/c1-16-3-2-5(15-16)4-14-6(17)7(9,10)8(11,12)13/h2-3H,4H2,1H3,(H,14,17). The average molecular weight is 257 g/mol. The van der Waals surface area contributed by atoms with Crippen LogP contribution in [0.25, 0.3) is 0 Å². The quantitative estimate of drug-likeness (QED) is 0.828. The monoisotopic (exact) mass is 257 g/mol.